The van der Waals surface area contributed by atoms with Gasteiger partial charge in [0.05, 0.1) is 13.5 Å². The van der Waals surface area contributed by atoms with Gasteiger partial charge in [-0.05, 0) is 6.92 Å². The van der Waals surface area contributed by atoms with Crippen molar-refractivity contribution in [1.29, 1.82) is 0 Å². The number of rotatable bonds is 6. The van der Waals surface area contributed by atoms with Crippen LogP contribution in [-0.2, 0) is 19.0 Å². The molecule has 0 aliphatic rings. The average Bonchev–Trinajstić information content (AvgIpc) is 2.11. The van der Waals surface area contributed by atoms with Crippen molar-refractivity contribution in [2.75, 3.05) is 21.3 Å². The summed E-state index contributed by atoms with van der Waals surface area (Å²) in [5, 5.41) is 0. The fourth-order valence-electron chi connectivity index (χ4n) is 0.855. The van der Waals surface area contributed by atoms with Gasteiger partial charge in [-0.1, -0.05) is 0 Å². The highest BCUT2D eigenvalue weighted by molar-refractivity contribution is 5.87. The third-order valence-electron chi connectivity index (χ3n) is 1.52. The first-order chi connectivity index (χ1) is 6.13. The molecule has 0 bridgehead atoms. The van der Waals surface area contributed by atoms with Crippen molar-refractivity contribution in [3.8, 4) is 0 Å². The molecule has 0 amide bonds. The molecule has 0 aromatic heterocycles. The third kappa shape index (κ3) is 5.38. The summed E-state index contributed by atoms with van der Waals surface area (Å²) in [5.74, 6) is 0.504. The zero-order valence-electron chi connectivity index (χ0n) is 8.49. The predicted molar refractivity (Wildman–Crippen MR) is 48.2 cm³/mol. The smallest absolute Gasteiger partial charge is 0.163 e. The van der Waals surface area contributed by atoms with E-state index < -0.39 is 0 Å². The summed E-state index contributed by atoms with van der Waals surface area (Å²) >= 11 is 0. The van der Waals surface area contributed by atoms with E-state index in [0.29, 0.717) is 12.2 Å². The van der Waals surface area contributed by atoms with Crippen LogP contribution in [0.4, 0.5) is 0 Å². The molecule has 13 heavy (non-hydrogen) atoms. The molecule has 0 N–H and O–H groups in total. The minimum atomic E-state index is -0.370. The first-order valence-electron chi connectivity index (χ1n) is 3.94. The highest BCUT2D eigenvalue weighted by atomic mass is 16.7. The van der Waals surface area contributed by atoms with Crippen molar-refractivity contribution in [3.05, 3.63) is 11.8 Å². The van der Waals surface area contributed by atoms with E-state index >= 15 is 0 Å². The lowest BCUT2D eigenvalue weighted by atomic mass is 10.3. The van der Waals surface area contributed by atoms with Gasteiger partial charge in [-0.25, -0.2) is 0 Å². The van der Waals surface area contributed by atoms with E-state index in [0.717, 1.165) is 0 Å². The zero-order valence-corrected chi connectivity index (χ0v) is 8.49. The minimum absolute atomic E-state index is 0.0530. The van der Waals surface area contributed by atoms with E-state index in [9.17, 15) is 4.79 Å². The van der Waals surface area contributed by atoms with Crippen LogP contribution in [0, 0.1) is 0 Å². The highest BCUT2D eigenvalue weighted by Gasteiger charge is 2.09. The number of hydrogen-bond acceptors (Lipinski definition) is 4. The van der Waals surface area contributed by atoms with Gasteiger partial charge in [-0.15, -0.1) is 0 Å². The number of ketones is 1. The second-order valence-corrected chi connectivity index (χ2v) is 2.53. The first-order valence-corrected chi connectivity index (χ1v) is 3.94. The van der Waals surface area contributed by atoms with Crippen LogP contribution >= 0.6 is 0 Å². The number of carbonyl (C=O) groups excluding carboxylic acids is 1. The summed E-state index contributed by atoms with van der Waals surface area (Å²) in [7, 11) is 4.58. The summed E-state index contributed by atoms with van der Waals surface area (Å²) < 4.78 is 14.9. The second-order valence-electron chi connectivity index (χ2n) is 2.53. The van der Waals surface area contributed by atoms with E-state index in [1.807, 2.05) is 0 Å². The lowest BCUT2D eigenvalue weighted by Gasteiger charge is -2.14. The molecule has 76 valence electrons. The Bertz CT molecular complexity index is 182. The molecule has 4 nitrogen and oxygen atoms in total. The monoisotopic (exact) mass is 188 g/mol. The van der Waals surface area contributed by atoms with Crippen LogP contribution in [0.25, 0.3) is 0 Å². The number of ether oxygens (including phenoxy) is 3. The molecule has 0 heterocycles. The Labute approximate surface area is 78.5 Å². The van der Waals surface area contributed by atoms with Gasteiger partial charge in [-0.3, -0.25) is 4.79 Å². The highest BCUT2D eigenvalue weighted by Crippen LogP contribution is 2.09. The maximum absolute atomic E-state index is 10.7. The standard InChI is InChI=1S/C9H16O4/c1-7(10)5-8(11-2)6-9(12-3)13-4/h5,9H,6H2,1-4H3. The zero-order chi connectivity index (χ0) is 10.3. The molecule has 0 aliphatic carbocycles. The molecule has 0 atom stereocenters. The van der Waals surface area contributed by atoms with Crippen LogP contribution in [0.5, 0.6) is 0 Å². The summed E-state index contributed by atoms with van der Waals surface area (Å²) in [6.45, 7) is 1.47. The lowest BCUT2D eigenvalue weighted by Crippen LogP contribution is -2.14. The van der Waals surface area contributed by atoms with E-state index in [1.54, 1.807) is 0 Å². The first kappa shape index (κ1) is 12.1. The maximum Gasteiger partial charge on any atom is 0.163 e. The number of allylic oxidation sites excluding steroid dienone is 1. The maximum atomic E-state index is 10.7. The van der Waals surface area contributed by atoms with Gasteiger partial charge in [0.1, 0.15) is 5.76 Å². The van der Waals surface area contributed by atoms with Crippen LogP contribution in [-0.4, -0.2) is 33.4 Å². The van der Waals surface area contributed by atoms with Crippen molar-refractivity contribution in [1.82, 2.24) is 0 Å². The number of carbonyl (C=O) groups is 1. The van der Waals surface area contributed by atoms with Crippen molar-refractivity contribution < 1.29 is 19.0 Å². The molecule has 0 aromatic rings. The average molecular weight is 188 g/mol. The third-order valence-corrected chi connectivity index (χ3v) is 1.52. The molecule has 0 spiro atoms. The fraction of sp³-hybridized carbons (Fsp3) is 0.667. The van der Waals surface area contributed by atoms with E-state index in [4.69, 9.17) is 14.2 Å². The summed E-state index contributed by atoms with van der Waals surface area (Å²) in [5.41, 5.74) is 0. The van der Waals surface area contributed by atoms with Crippen molar-refractivity contribution in [2.24, 2.45) is 0 Å². The van der Waals surface area contributed by atoms with Gasteiger partial charge >= 0.3 is 0 Å². The Morgan fingerprint density at radius 3 is 2.15 bits per heavy atom. The lowest BCUT2D eigenvalue weighted by molar-refractivity contribution is -0.113. The number of hydrogen-bond donors (Lipinski definition) is 0. The Kier molecular flexibility index (Phi) is 6.18. The van der Waals surface area contributed by atoms with Crippen LogP contribution in [0.2, 0.25) is 0 Å². The normalized spacial score (nSPS) is 11.9. The molecule has 0 saturated heterocycles. The van der Waals surface area contributed by atoms with Crippen LogP contribution < -0.4 is 0 Å². The largest absolute Gasteiger partial charge is 0.501 e. The van der Waals surface area contributed by atoms with Crippen LogP contribution in [0.1, 0.15) is 13.3 Å². The molecular formula is C9H16O4. The second kappa shape index (κ2) is 6.62. The van der Waals surface area contributed by atoms with Crippen molar-refractivity contribution in [2.45, 2.75) is 19.6 Å². The summed E-state index contributed by atoms with van der Waals surface area (Å²) in [6.07, 6.45) is 1.49. The molecule has 0 aromatic carbocycles. The van der Waals surface area contributed by atoms with Crippen molar-refractivity contribution in [3.63, 3.8) is 0 Å². The van der Waals surface area contributed by atoms with Crippen LogP contribution in [0.3, 0.4) is 0 Å². The van der Waals surface area contributed by atoms with Gasteiger partial charge in [0.25, 0.3) is 0 Å². The van der Waals surface area contributed by atoms with Gasteiger partial charge in [0, 0.05) is 20.3 Å². The molecule has 0 radical (unpaired) electrons. The number of methoxy groups -OCH3 is 3. The van der Waals surface area contributed by atoms with Gasteiger partial charge in [0.2, 0.25) is 0 Å². The molecular weight excluding hydrogens is 172 g/mol. The predicted octanol–water partition coefficient (Wildman–Crippen LogP) is 1.11. The molecule has 0 rings (SSSR count). The minimum Gasteiger partial charge on any atom is -0.501 e. The van der Waals surface area contributed by atoms with Crippen LogP contribution in [0.15, 0.2) is 11.8 Å². The van der Waals surface area contributed by atoms with E-state index in [2.05, 4.69) is 0 Å². The van der Waals surface area contributed by atoms with Gasteiger partial charge in [-0.2, -0.15) is 0 Å². The Hall–Kier alpha value is -0.870. The Morgan fingerprint density at radius 1 is 1.31 bits per heavy atom. The Balaban J connectivity index is 4.18. The topological polar surface area (TPSA) is 44.8 Å². The SMILES string of the molecule is COC(=CC(C)=O)CC(OC)OC. The van der Waals surface area contributed by atoms with E-state index in [1.165, 1.54) is 34.3 Å². The Morgan fingerprint density at radius 2 is 1.85 bits per heavy atom. The molecule has 0 unspecified atom stereocenters. The van der Waals surface area contributed by atoms with Crippen molar-refractivity contribution >= 4 is 5.78 Å². The van der Waals surface area contributed by atoms with Gasteiger partial charge in [0.15, 0.2) is 12.1 Å². The summed E-state index contributed by atoms with van der Waals surface area (Å²) in [6, 6.07) is 0. The molecule has 4 heteroatoms. The van der Waals surface area contributed by atoms with Gasteiger partial charge < -0.3 is 14.2 Å². The van der Waals surface area contributed by atoms with E-state index in [-0.39, 0.29) is 12.1 Å². The fourth-order valence-corrected chi connectivity index (χ4v) is 0.855. The molecule has 0 saturated carbocycles. The molecule has 0 aliphatic heterocycles. The summed E-state index contributed by atoms with van der Waals surface area (Å²) in [4.78, 5) is 10.7. The quantitative estimate of drug-likeness (QED) is 0.356. The molecule has 0 fully saturated rings.